The minimum atomic E-state index is -0.251. The maximum absolute atomic E-state index is 12.8. The van der Waals surface area contributed by atoms with Gasteiger partial charge < -0.3 is 18.6 Å². The van der Waals surface area contributed by atoms with E-state index in [-0.39, 0.29) is 11.2 Å². The predicted molar refractivity (Wildman–Crippen MR) is 116 cm³/mol. The number of rotatable bonds is 8. The Morgan fingerprint density at radius 3 is 2.40 bits per heavy atom. The van der Waals surface area contributed by atoms with E-state index in [1.54, 1.807) is 30.3 Å². The maximum Gasteiger partial charge on any atom is 0.235 e. The summed E-state index contributed by atoms with van der Waals surface area (Å²) < 4.78 is 22.8. The fourth-order valence-electron chi connectivity index (χ4n) is 3.11. The molecule has 4 aromatic rings. The van der Waals surface area contributed by atoms with Gasteiger partial charge in [0.15, 0.2) is 11.5 Å². The highest BCUT2D eigenvalue weighted by Crippen LogP contribution is 2.31. The molecule has 0 amide bonds. The zero-order chi connectivity index (χ0) is 20.8. The van der Waals surface area contributed by atoms with Gasteiger partial charge in [-0.2, -0.15) is 0 Å². The van der Waals surface area contributed by atoms with E-state index in [9.17, 15) is 4.79 Å². The largest absolute Gasteiger partial charge is 0.493 e. The first-order chi connectivity index (χ1) is 14.7. The lowest BCUT2D eigenvalue weighted by Crippen LogP contribution is -2.06. The van der Waals surface area contributed by atoms with Gasteiger partial charge in [-0.3, -0.25) is 4.79 Å². The zero-order valence-electron chi connectivity index (χ0n) is 16.7. The number of ether oxygens (including phenoxy) is 3. The quantitative estimate of drug-likeness (QED) is 0.384. The fourth-order valence-corrected chi connectivity index (χ4v) is 3.11. The van der Waals surface area contributed by atoms with Crippen LogP contribution in [-0.4, -0.2) is 13.2 Å². The van der Waals surface area contributed by atoms with E-state index in [0.29, 0.717) is 41.4 Å². The minimum absolute atomic E-state index is 0.104. The third kappa shape index (κ3) is 4.46. The van der Waals surface area contributed by atoms with E-state index in [2.05, 4.69) is 12.1 Å². The van der Waals surface area contributed by atoms with Gasteiger partial charge in [-0.15, -0.1) is 0 Å². The molecule has 0 spiro atoms. The highest BCUT2D eigenvalue weighted by atomic mass is 16.5. The van der Waals surface area contributed by atoms with Crippen molar-refractivity contribution in [1.82, 2.24) is 0 Å². The van der Waals surface area contributed by atoms with Crippen LogP contribution in [0.1, 0.15) is 12.5 Å². The molecule has 0 saturated carbocycles. The Hall–Kier alpha value is -3.73. The second-order valence-corrected chi connectivity index (χ2v) is 6.65. The number of para-hydroxylation sites is 2. The summed E-state index contributed by atoms with van der Waals surface area (Å²) >= 11 is 0. The molecule has 30 heavy (non-hydrogen) atoms. The van der Waals surface area contributed by atoms with Crippen LogP contribution in [0.25, 0.3) is 11.0 Å². The number of fused-ring (bicyclic) bond motifs is 1. The van der Waals surface area contributed by atoms with Gasteiger partial charge in [0.1, 0.15) is 17.6 Å². The van der Waals surface area contributed by atoms with Crippen LogP contribution in [0.15, 0.2) is 88.3 Å². The second kappa shape index (κ2) is 9.18. The molecule has 0 aliphatic carbocycles. The smallest absolute Gasteiger partial charge is 0.235 e. The lowest BCUT2D eigenvalue weighted by molar-refractivity contribution is 0.319. The average molecular weight is 402 g/mol. The molecule has 5 nitrogen and oxygen atoms in total. The summed E-state index contributed by atoms with van der Waals surface area (Å²) in [5.41, 5.74) is 1.40. The van der Waals surface area contributed by atoms with Gasteiger partial charge in [0, 0.05) is 12.5 Å². The number of benzene rings is 3. The SMILES string of the molecule is CCOc1ccccc1Oc1coc2cc(OCCc3ccccc3)ccc2c1=O. The molecule has 152 valence electrons. The Morgan fingerprint density at radius 1 is 0.833 bits per heavy atom. The summed E-state index contributed by atoms with van der Waals surface area (Å²) in [7, 11) is 0. The second-order valence-electron chi connectivity index (χ2n) is 6.65. The van der Waals surface area contributed by atoms with Gasteiger partial charge in [-0.1, -0.05) is 42.5 Å². The van der Waals surface area contributed by atoms with Crippen LogP contribution < -0.4 is 19.6 Å². The first-order valence-corrected chi connectivity index (χ1v) is 9.86. The Balaban J connectivity index is 1.51. The molecule has 0 atom stereocenters. The van der Waals surface area contributed by atoms with Crippen molar-refractivity contribution in [2.24, 2.45) is 0 Å². The van der Waals surface area contributed by atoms with E-state index < -0.39 is 0 Å². The van der Waals surface area contributed by atoms with E-state index in [1.807, 2.05) is 37.3 Å². The third-order valence-electron chi connectivity index (χ3n) is 4.59. The van der Waals surface area contributed by atoms with Crippen LogP contribution in [-0.2, 0) is 6.42 Å². The summed E-state index contributed by atoms with van der Waals surface area (Å²) in [5, 5.41) is 0.428. The minimum Gasteiger partial charge on any atom is -0.493 e. The maximum atomic E-state index is 12.8. The summed E-state index contributed by atoms with van der Waals surface area (Å²) in [6.07, 6.45) is 2.12. The molecule has 0 N–H and O–H groups in total. The van der Waals surface area contributed by atoms with Crippen LogP contribution in [0.3, 0.4) is 0 Å². The summed E-state index contributed by atoms with van der Waals surface area (Å²) in [5.74, 6) is 1.79. The van der Waals surface area contributed by atoms with Crippen molar-refractivity contribution in [2.45, 2.75) is 13.3 Å². The molecule has 1 heterocycles. The summed E-state index contributed by atoms with van der Waals surface area (Å²) in [4.78, 5) is 12.8. The standard InChI is InChI=1S/C25H22O5/c1-2-27-21-10-6-7-11-22(21)30-24-17-29-23-16-19(12-13-20(23)25(24)26)28-15-14-18-8-4-3-5-9-18/h3-13,16-17H,2,14-15H2,1H3. The molecule has 4 rings (SSSR count). The van der Waals surface area contributed by atoms with E-state index >= 15 is 0 Å². The molecule has 1 aromatic heterocycles. The first-order valence-electron chi connectivity index (χ1n) is 9.86. The molecular formula is C25H22O5. The van der Waals surface area contributed by atoms with E-state index in [0.717, 1.165) is 6.42 Å². The normalized spacial score (nSPS) is 10.7. The van der Waals surface area contributed by atoms with Gasteiger partial charge in [0.05, 0.1) is 18.6 Å². The Morgan fingerprint density at radius 2 is 1.60 bits per heavy atom. The Bertz CT molecular complexity index is 1180. The lowest BCUT2D eigenvalue weighted by Gasteiger charge is -2.11. The van der Waals surface area contributed by atoms with Crippen molar-refractivity contribution >= 4 is 11.0 Å². The topological polar surface area (TPSA) is 57.9 Å². The Kier molecular flexibility index (Phi) is 5.99. The highest BCUT2D eigenvalue weighted by Gasteiger charge is 2.12. The number of hydrogen-bond donors (Lipinski definition) is 0. The van der Waals surface area contributed by atoms with Gasteiger partial charge in [-0.25, -0.2) is 0 Å². The van der Waals surface area contributed by atoms with Crippen molar-refractivity contribution in [3.8, 4) is 23.0 Å². The highest BCUT2D eigenvalue weighted by molar-refractivity contribution is 5.79. The molecule has 0 unspecified atom stereocenters. The number of hydrogen-bond acceptors (Lipinski definition) is 5. The van der Waals surface area contributed by atoms with Crippen LogP contribution in [0.5, 0.6) is 23.0 Å². The van der Waals surface area contributed by atoms with Crippen molar-refractivity contribution < 1.29 is 18.6 Å². The third-order valence-corrected chi connectivity index (χ3v) is 4.59. The van der Waals surface area contributed by atoms with Crippen molar-refractivity contribution in [3.05, 3.63) is 94.8 Å². The van der Waals surface area contributed by atoms with Gasteiger partial charge >= 0.3 is 0 Å². The first kappa shape index (κ1) is 19.6. The lowest BCUT2D eigenvalue weighted by atomic mass is 10.2. The molecule has 0 aliphatic heterocycles. The summed E-state index contributed by atoms with van der Waals surface area (Å²) in [6, 6.07) is 22.5. The van der Waals surface area contributed by atoms with Crippen molar-refractivity contribution in [3.63, 3.8) is 0 Å². The van der Waals surface area contributed by atoms with Crippen LogP contribution in [0.2, 0.25) is 0 Å². The summed E-state index contributed by atoms with van der Waals surface area (Å²) in [6.45, 7) is 2.93. The molecule has 3 aromatic carbocycles. The van der Waals surface area contributed by atoms with Crippen LogP contribution in [0.4, 0.5) is 0 Å². The predicted octanol–water partition coefficient (Wildman–Crippen LogP) is 5.61. The molecule has 0 radical (unpaired) electrons. The molecule has 0 bridgehead atoms. The molecule has 0 saturated heterocycles. The van der Waals surface area contributed by atoms with Crippen LogP contribution >= 0.6 is 0 Å². The van der Waals surface area contributed by atoms with Crippen molar-refractivity contribution in [2.75, 3.05) is 13.2 Å². The molecule has 0 aliphatic rings. The molecule has 5 heteroatoms. The van der Waals surface area contributed by atoms with E-state index in [1.165, 1.54) is 11.8 Å². The average Bonchev–Trinajstić information content (AvgIpc) is 2.78. The van der Waals surface area contributed by atoms with Crippen LogP contribution in [0, 0.1) is 0 Å². The molecule has 0 fully saturated rings. The van der Waals surface area contributed by atoms with E-state index in [4.69, 9.17) is 18.6 Å². The van der Waals surface area contributed by atoms with Crippen molar-refractivity contribution in [1.29, 1.82) is 0 Å². The van der Waals surface area contributed by atoms with Gasteiger partial charge in [0.25, 0.3) is 0 Å². The fraction of sp³-hybridized carbons (Fsp3) is 0.160. The monoisotopic (exact) mass is 402 g/mol. The Labute approximate surface area is 174 Å². The molecular weight excluding hydrogens is 380 g/mol. The zero-order valence-corrected chi connectivity index (χ0v) is 16.7. The van der Waals surface area contributed by atoms with Gasteiger partial charge in [0.2, 0.25) is 11.2 Å². The van der Waals surface area contributed by atoms with Gasteiger partial charge in [-0.05, 0) is 36.8 Å².